The molecule has 3 heterocycles. The molecule has 1 N–H and O–H groups in total. The standard InChI is InChI=1S/C12H14N2S.2ClH/c1-2-10-8-11(15-12(10)14-5-1)9-3-6-13-7-4-9;;/h1-2,5,8-9,13H,3-4,6-7H2;2*1H. The molecule has 0 aromatic carbocycles. The topological polar surface area (TPSA) is 24.9 Å². The van der Waals surface area contributed by atoms with Crippen molar-refractivity contribution in [3.8, 4) is 0 Å². The van der Waals surface area contributed by atoms with Crippen molar-refractivity contribution < 1.29 is 0 Å². The highest BCUT2D eigenvalue weighted by Gasteiger charge is 2.17. The van der Waals surface area contributed by atoms with Crippen molar-refractivity contribution in [3.63, 3.8) is 0 Å². The predicted molar refractivity (Wildman–Crippen MR) is 79.0 cm³/mol. The fraction of sp³-hybridized carbons (Fsp3) is 0.417. The van der Waals surface area contributed by atoms with Crippen LogP contribution >= 0.6 is 36.2 Å². The van der Waals surface area contributed by atoms with Gasteiger partial charge >= 0.3 is 0 Å². The molecule has 2 aromatic rings. The summed E-state index contributed by atoms with van der Waals surface area (Å²) in [6.07, 6.45) is 4.42. The second-order valence-corrected chi connectivity index (χ2v) is 5.13. The Hall–Kier alpha value is -0.350. The average Bonchev–Trinajstić information content (AvgIpc) is 2.74. The average molecular weight is 291 g/mol. The third kappa shape index (κ3) is 3.10. The Morgan fingerprint density at radius 1 is 1.24 bits per heavy atom. The van der Waals surface area contributed by atoms with E-state index in [1.165, 1.54) is 27.9 Å². The second kappa shape index (κ2) is 6.55. The van der Waals surface area contributed by atoms with Gasteiger partial charge < -0.3 is 5.32 Å². The van der Waals surface area contributed by atoms with E-state index in [0.717, 1.165) is 19.0 Å². The molecule has 5 heteroatoms. The molecule has 0 unspecified atom stereocenters. The highest BCUT2D eigenvalue weighted by Crippen LogP contribution is 2.33. The number of rotatable bonds is 1. The van der Waals surface area contributed by atoms with Gasteiger partial charge in [-0.15, -0.1) is 36.2 Å². The number of pyridine rings is 1. The van der Waals surface area contributed by atoms with Crippen LogP contribution in [-0.2, 0) is 0 Å². The molecule has 2 nitrogen and oxygen atoms in total. The van der Waals surface area contributed by atoms with E-state index in [4.69, 9.17) is 0 Å². The minimum absolute atomic E-state index is 0. The van der Waals surface area contributed by atoms with Gasteiger partial charge in [-0.3, -0.25) is 0 Å². The van der Waals surface area contributed by atoms with E-state index in [2.05, 4.69) is 22.4 Å². The van der Waals surface area contributed by atoms with Crippen LogP contribution in [0.15, 0.2) is 24.4 Å². The normalized spacial score (nSPS) is 16.2. The zero-order chi connectivity index (χ0) is 10.1. The van der Waals surface area contributed by atoms with Crippen molar-refractivity contribution in [2.75, 3.05) is 13.1 Å². The van der Waals surface area contributed by atoms with E-state index in [1.807, 2.05) is 23.6 Å². The minimum Gasteiger partial charge on any atom is -0.317 e. The van der Waals surface area contributed by atoms with Gasteiger partial charge in [0.2, 0.25) is 0 Å². The minimum atomic E-state index is 0. The third-order valence-electron chi connectivity index (χ3n) is 3.05. The lowest BCUT2D eigenvalue weighted by Crippen LogP contribution is -2.26. The van der Waals surface area contributed by atoms with E-state index >= 15 is 0 Å². The highest BCUT2D eigenvalue weighted by atomic mass is 35.5. The van der Waals surface area contributed by atoms with Gasteiger partial charge in [-0.1, -0.05) is 6.07 Å². The van der Waals surface area contributed by atoms with Gasteiger partial charge in [0.25, 0.3) is 0 Å². The monoisotopic (exact) mass is 290 g/mol. The van der Waals surface area contributed by atoms with Gasteiger partial charge in [-0.05, 0) is 44.0 Å². The van der Waals surface area contributed by atoms with Crippen LogP contribution in [0.1, 0.15) is 23.6 Å². The number of nitrogens with zero attached hydrogens (tertiary/aromatic N) is 1. The number of piperidine rings is 1. The van der Waals surface area contributed by atoms with Gasteiger partial charge in [0, 0.05) is 16.5 Å². The molecule has 0 atom stereocenters. The van der Waals surface area contributed by atoms with Crippen LogP contribution in [0.3, 0.4) is 0 Å². The molecule has 94 valence electrons. The summed E-state index contributed by atoms with van der Waals surface area (Å²) < 4.78 is 0. The van der Waals surface area contributed by atoms with E-state index < -0.39 is 0 Å². The lowest BCUT2D eigenvalue weighted by atomic mass is 9.96. The molecule has 0 saturated carbocycles. The summed E-state index contributed by atoms with van der Waals surface area (Å²) in [6.45, 7) is 2.32. The maximum absolute atomic E-state index is 4.40. The molecular weight excluding hydrogens is 275 g/mol. The zero-order valence-electron chi connectivity index (χ0n) is 9.39. The molecule has 1 aliphatic heterocycles. The summed E-state index contributed by atoms with van der Waals surface area (Å²) in [7, 11) is 0. The molecule has 1 saturated heterocycles. The van der Waals surface area contributed by atoms with Crippen molar-refractivity contribution in [2.45, 2.75) is 18.8 Å². The SMILES string of the molecule is Cl.Cl.c1cnc2sc(C3CCNCC3)cc2c1. The smallest absolute Gasteiger partial charge is 0.123 e. The van der Waals surface area contributed by atoms with Crippen molar-refractivity contribution >= 4 is 46.4 Å². The number of halogens is 2. The fourth-order valence-corrected chi connectivity index (χ4v) is 3.37. The van der Waals surface area contributed by atoms with Gasteiger partial charge in [-0.25, -0.2) is 4.98 Å². The molecule has 0 spiro atoms. The maximum atomic E-state index is 4.40. The van der Waals surface area contributed by atoms with Crippen LogP contribution in [0.5, 0.6) is 0 Å². The highest BCUT2D eigenvalue weighted by molar-refractivity contribution is 7.18. The maximum Gasteiger partial charge on any atom is 0.123 e. The molecule has 0 radical (unpaired) electrons. The Labute approximate surface area is 118 Å². The molecule has 17 heavy (non-hydrogen) atoms. The molecule has 2 aromatic heterocycles. The molecule has 1 aliphatic rings. The van der Waals surface area contributed by atoms with Crippen molar-refractivity contribution in [2.24, 2.45) is 0 Å². The third-order valence-corrected chi connectivity index (χ3v) is 4.28. The first-order chi connectivity index (χ1) is 7.43. The largest absolute Gasteiger partial charge is 0.317 e. The van der Waals surface area contributed by atoms with Gasteiger partial charge in [-0.2, -0.15) is 0 Å². The van der Waals surface area contributed by atoms with Crippen LogP contribution in [0.4, 0.5) is 0 Å². The first kappa shape index (κ1) is 14.7. The van der Waals surface area contributed by atoms with Crippen LogP contribution < -0.4 is 5.32 Å². The van der Waals surface area contributed by atoms with E-state index in [9.17, 15) is 0 Å². The van der Waals surface area contributed by atoms with Crippen LogP contribution in [0, 0.1) is 0 Å². The Morgan fingerprint density at radius 3 is 2.71 bits per heavy atom. The number of hydrogen-bond donors (Lipinski definition) is 1. The van der Waals surface area contributed by atoms with Gasteiger partial charge in [0.1, 0.15) is 4.83 Å². The van der Waals surface area contributed by atoms with Crippen LogP contribution in [0.25, 0.3) is 10.2 Å². The Bertz CT molecular complexity index is 433. The summed E-state index contributed by atoms with van der Waals surface area (Å²) in [6, 6.07) is 6.49. The number of fused-ring (bicyclic) bond motifs is 1. The quantitative estimate of drug-likeness (QED) is 0.868. The summed E-state index contributed by atoms with van der Waals surface area (Å²) in [5.74, 6) is 0.755. The second-order valence-electron chi connectivity index (χ2n) is 4.07. The fourth-order valence-electron chi connectivity index (χ4n) is 2.20. The van der Waals surface area contributed by atoms with Gasteiger partial charge in [0.15, 0.2) is 0 Å². The molecule has 0 bridgehead atoms. The summed E-state index contributed by atoms with van der Waals surface area (Å²) in [4.78, 5) is 7.10. The van der Waals surface area contributed by atoms with Gasteiger partial charge in [0.05, 0.1) is 0 Å². The lowest BCUT2D eigenvalue weighted by Gasteiger charge is -2.21. The van der Waals surface area contributed by atoms with E-state index in [1.54, 1.807) is 0 Å². The number of aromatic nitrogens is 1. The number of thiophene rings is 1. The Morgan fingerprint density at radius 2 is 2.00 bits per heavy atom. The summed E-state index contributed by atoms with van der Waals surface area (Å²) >= 11 is 1.86. The van der Waals surface area contributed by atoms with Crippen molar-refractivity contribution in [3.05, 3.63) is 29.3 Å². The van der Waals surface area contributed by atoms with E-state index in [0.29, 0.717) is 0 Å². The number of hydrogen-bond acceptors (Lipinski definition) is 3. The number of nitrogens with one attached hydrogen (secondary N) is 1. The van der Waals surface area contributed by atoms with Crippen LogP contribution in [0.2, 0.25) is 0 Å². The Kier molecular flexibility index (Phi) is 5.67. The molecule has 3 rings (SSSR count). The van der Waals surface area contributed by atoms with Crippen LogP contribution in [-0.4, -0.2) is 18.1 Å². The molecular formula is C12H16Cl2N2S. The first-order valence-electron chi connectivity index (χ1n) is 5.49. The predicted octanol–water partition coefficient (Wildman–Crippen LogP) is 3.61. The molecule has 0 amide bonds. The molecule has 1 fully saturated rings. The molecule has 0 aliphatic carbocycles. The Balaban J connectivity index is 0.000000722. The van der Waals surface area contributed by atoms with Crippen molar-refractivity contribution in [1.82, 2.24) is 10.3 Å². The summed E-state index contributed by atoms with van der Waals surface area (Å²) in [5, 5.41) is 4.71. The van der Waals surface area contributed by atoms with Crippen molar-refractivity contribution in [1.29, 1.82) is 0 Å². The van der Waals surface area contributed by atoms with E-state index in [-0.39, 0.29) is 24.8 Å². The lowest BCUT2D eigenvalue weighted by molar-refractivity contribution is 0.465. The first-order valence-corrected chi connectivity index (χ1v) is 6.30. The summed E-state index contributed by atoms with van der Waals surface area (Å²) in [5.41, 5.74) is 0. The zero-order valence-corrected chi connectivity index (χ0v) is 11.8.